The maximum absolute atomic E-state index is 13.4. The number of methoxy groups -OCH3 is 2. The van der Waals surface area contributed by atoms with Gasteiger partial charge < -0.3 is 19.3 Å². The first-order valence-corrected chi connectivity index (χ1v) is 10.4. The average Bonchev–Trinajstić information content (AvgIpc) is 2.81. The largest absolute Gasteiger partial charge is 0.493 e. The second-order valence-corrected chi connectivity index (χ2v) is 7.80. The van der Waals surface area contributed by atoms with Crippen molar-refractivity contribution in [3.8, 4) is 11.5 Å². The number of hydrogen-bond donors (Lipinski definition) is 0. The number of nitrogens with zero attached hydrogens (tertiary/aromatic N) is 2. The van der Waals surface area contributed by atoms with E-state index in [1.807, 2.05) is 12.1 Å². The standard InChI is InChI=1S/C24H24N2O6/c1-31-20-8-5-15(12-21(20)32-2)9-11-25-14-22(29)26-10-3-4-17(23(26)24(25)30)18-13-16(27)6-7-19(18)28/h5-8,12-13H,3-4,9-11,14H2,1-2H3. The number of allylic oxidation sites excluding steroid dienone is 5. The molecule has 0 bridgehead atoms. The third-order valence-corrected chi connectivity index (χ3v) is 5.88. The van der Waals surface area contributed by atoms with Gasteiger partial charge in [0.2, 0.25) is 5.91 Å². The molecule has 1 aromatic rings. The molecule has 4 rings (SSSR count). The lowest BCUT2D eigenvalue weighted by atomic mass is 9.88. The van der Waals surface area contributed by atoms with Gasteiger partial charge in [0.15, 0.2) is 23.1 Å². The Bertz CT molecular complexity index is 1100. The number of ketones is 2. The summed E-state index contributed by atoms with van der Waals surface area (Å²) >= 11 is 0. The molecule has 0 aromatic heterocycles. The number of carbonyl (C=O) groups is 4. The number of benzene rings is 1. The molecule has 0 saturated carbocycles. The molecule has 2 heterocycles. The molecule has 2 aliphatic heterocycles. The van der Waals surface area contributed by atoms with Crippen molar-refractivity contribution in [2.24, 2.45) is 0 Å². The van der Waals surface area contributed by atoms with E-state index in [2.05, 4.69) is 0 Å². The molecule has 0 unspecified atom stereocenters. The van der Waals surface area contributed by atoms with Crippen LogP contribution in [0.5, 0.6) is 11.5 Å². The van der Waals surface area contributed by atoms with Crippen molar-refractivity contribution in [2.75, 3.05) is 33.9 Å². The van der Waals surface area contributed by atoms with Crippen molar-refractivity contribution in [3.63, 3.8) is 0 Å². The van der Waals surface area contributed by atoms with Crippen LogP contribution in [0.15, 0.2) is 53.3 Å². The van der Waals surface area contributed by atoms with Crippen LogP contribution in [0.2, 0.25) is 0 Å². The van der Waals surface area contributed by atoms with Gasteiger partial charge in [-0.1, -0.05) is 6.07 Å². The summed E-state index contributed by atoms with van der Waals surface area (Å²) in [6.45, 7) is 0.739. The van der Waals surface area contributed by atoms with Gasteiger partial charge in [0.25, 0.3) is 5.91 Å². The van der Waals surface area contributed by atoms with Crippen molar-refractivity contribution in [1.29, 1.82) is 0 Å². The van der Waals surface area contributed by atoms with E-state index in [-0.39, 0.29) is 41.2 Å². The Hall–Kier alpha value is -3.68. The van der Waals surface area contributed by atoms with Gasteiger partial charge in [-0.05, 0) is 60.8 Å². The minimum Gasteiger partial charge on any atom is -0.493 e. The quantitative estimate of drug-likeness (QED) is 0.629. The third kappa shape index (κ3) is 3.95. The highest BCUT2D eigenvalue weighted by Gasteiger charge is 2.40. The maximum atomic E-state index is 13.4. The second-order valence-electron chi connectivity index (χ2n) is 7.80. The van der Waals surface area contributed by atoms with E-state index < -0.39 is 0 Å². The molecule has 1 aromatic carbocycles. The highest BCUT2D eigenvalue weighted by atomic mass is 16.5. The first-order valence-electron chi connectivity index (χ1n) is 10.4. The lowest BCUT2D eigenvalue weighted by Crippen LogP contribution is -2.54. The molecular formula is C24H24N2O6. The van der Waals surface area contributed by atoms with Crippen molar-refractivity contribution in [1.82, 2.24) is 9.80 Å². The van der Waals surface area contributed by atoms with E-state index in [9.17, 15) is 19.2 Å². The Morgan fingerprint density at radius 3 is 2.53 bits per heavy atom. The zero-order valence-corrected chi connectivity index (χ0v) is 18.1. The minimum absolute atomic E-state index is 0.0191. The van der Waals surface area contributed by atoms with Crippen molar-refractivity contribution in [3.05, 3.63) is 58.8 Å². The van der Waals surface area contributed by atoms with E-state index in [1.165, 1.54) is 28.0 Å². The molecule has 1 saturated heterocycles. The van der Waals surface area contributed by atoms with Crippen molar-refractivity contribution < 1.29 is 28.7 Å². The zero-order chi connectivity index (χ0) is 22.8. The highest BCUT2D eigenvalue weighted by molar-refractivity contribution is 6.20. The normalized spacial score (nSPS) is 18.8. The van der Waals surface area contributed by atoms with E-state index in [0.717, 1.165) is 5.56 Å². The number of fused-ring (bicyclic) bond motifs is 1. The lowest BCUT2D eigenvalue weighted by Gasteiger charge is -2.40. The molecule has 3 aliphatic rings. The van der Waals surface area contributed by atoms with Gasteiger partial charge in [0.05, 0.1) is 14.2 Å². The number of ether oxygens (including phenoxy) is 2. The van der Waals surface area contributed by atoms with E-state index >= 15 is 0 Å². The fourth-order valence-electron chi connectivity index (χ4n) is 4.26. The van der Waals surface area contributed by atoms with Crippen LogP contribution in [0, 0.1) is 0 Å². The number of amides is 2. The first kappa shape index (κ1) is 21.5. The van der Waals surface area contributed by atoms with E-state index in [1.54, 1.807) is 20.3 Å². The summed E-state index contributed by atoms with van der Waals surface area (Å²) in [5, 5.41) is 0. The Balaban J connectivity index is 1.61. The summed E-state index contributed by atoms with van der Waals surface area (Å²) in [5.74, 6) is 0.101. The van der Waals surface area contributed by atoms with Crippen LogP contribution in [0.25, 0.3) is 0 Å². The Morgan fingerprint density at radius 2 is 1.78 bits per heavy atom. The smallest absolute Gasteiger partial charge is 0.271 e. The molecule has 0 spiro atoms. The van der Waals surface area contributed by atoms with Crippen LogP contribution in [-0.4, -0.2) is 67.0 Å². The van der Waals surface area contributed by atoms with Crippen molar-refractivity contribution in [2.45, 2.75) is 19.3 Å². The first-order chi connectivity index (χ1) is 15.4. The van der Waals surface area contributed by atoms with Crippen LogP contribution in [0.3, 0.4) is 0 Å². The molecule has 1 aliphatic carbocycles. The zero-order valence-electron chi connectivity index (χ0n) is 18.1. The number of carbonyl (C=O) groups excluding carboxylic acids is 4. The van der Waals surface area contributed by atoms with Crippen LogP contribution in [0.1, 0.15) is 18.4 Å². The summed E-state index contributed by atoms with van der Waals surface area (Å²) in [6, 6.07) is 5.53. The van der Waals surface area contributed by atoms with Crippen LogP contribution in [0.4, 0.5) is 0 Å². The number of rotatable bonds is 6. The van der Waals surface area contributed by atoms with Gasteiger partial charge in [0, 0.05) is 18.7 Å². The van der Waals surface area contributed by atoms with Crippen molar-refractivity contribution >= 4 is 23.4 Å². The highest BCUT2D eigenvalue weighted by Crippen LogP contribution is 2.33. The summed E-state index contributed by atoms with van der Waals surface area (Å²) in [4.78, 5) is 53.4. The Kier molecular flexibility index (Phi) is 5.94. The number of hydrogen-bond acceptors (Lipinski definition) is 6. The van der Waals surface area contributed by atoms with Gasteiger partial charge >= 0.3 is 0 Å². The molecular weight excluding hydrogens is 412 g/mol. The maximum Gasteiger partial charge on any atom is 0.271 e. The summed E-state index contributed by atoms with van der Waals surface area (Å²) in [7, 11) is 3.12. The molecule has 8 nitrogen and oxygen atoms in total. The van der Waals surface area contributed by atoms with Gasteiger partial charge in [-0.2, -0.15) is 0 Å². The molecule has 0 atom stereocenters. The van der Waals surface area contributed by atoms with Gasteiger partial charge in [-0.25, -0.2) is 0 Å². The molecule has 1 fully saturated rings. The van der Waals surface area contributed by atoms with Crippen LogP contribution < -0.4 is 9.47 Å². The monoisotopic (exact) mass is 436 g/mol. The third-order valence-electron chi connectivity index (χ3n) is 5.88. The molecule has 0 radical (unpaired) electrons. The molecule has 0 N–H and O–H groups in total. The molecule has 166 valence electrons. The fraction of sp³-hybridized carbons (Fsp3) is 0.333. The van der Waals surface area contributed by atoms with Crippen LogP contribution in [-0.2, 0) is 25.6 Å². The lowest BCUT2D eigenvalue weighted by molar-refractivity contribution is -0.145. The van der Waals surface area contributed by atoms with E-state index in [4.69, 9.17) is 9.47 Å². The van der Waals surface area contributed by atoms with Gasteiger partial charge in [-0.15, -0.1) is 0 Å². The average molecular weight is 436 g/mol. The molecule has 8 heteroatoms. The minimum atomic E-state index is -0.323. The van der Waals surface area contributed by atoms with Crippen LogP contribution >= 0.6 is 0 Å². The summed E-state index contributed by atoms with van der Waals surface area (Å²) in [6.07, 6.45) is 5.30. The molecule has 32 heavy (non-hydrogen) atoms. The summed E-state index contributed by atoms with van der Waals surface area (Å²) in [5.41, 5.74) is 1.85. The van der Waals surface area contributed by atoms with Gasteiger partial charge in [0.1, 0.15) is 12.2 Å². The Morgan fingerprint density at radius 1 is 1.00 bits per heavy atom. The predicted octanol–water partition coefficient (Wildman–Crippen LogP) is 1.60. The Labute approximate surface area is 185 Å². The van der Waals surface area contributed by atoms with Gasteiger partial charge in [-0.3, -0.25) is 19.2 Å². The van der Waals surface area contributed by atoms with E-state index in [0.29, 0.717) is 49.4 Å². The second kappa shape index (κ2) is 8.82. The molecule has 2 amide bonds. The predicted molar refractivity (Wildman–Crippen MR) is 115 cm³/mol. The SMILES string of the molecule is COc1ccc(CCN2CC(=O)N3CCCC(C4=CC(=O)C=CC4=O)=C3C2=O)cc1OC. The topological polar surface area (TPSA) is 93.2 Å². The number of piperazine rings is 1. The fourth-order valence-corrected chi connectivity index (χ4v) is 4.26. The summed E-state index contributed by atoms with van der Waals surface area (Å²) < 4.78 is 10.6.